The Kier molecular flexibility index (Phi) is 5.29. The molecule has 25 heavy (non-hydrogen) atoms. The summed E-state index contributed by atoms with van der Waals surface area (Å²) in [5.74, 6) is -1.58. The van der Waals surface area contributed by atoms with E-state index in [9.17, 15) is 9.59 Å². The first-order valence-corrected chi connectivity index (χ1v) is 7.56. The molecule has 7 heteroatoms. The van der Waals surface area contributed by atoms with Gasteiger partial charge in [0.1, 0.15) is 12.4 Å². The molecule has 4 N–H and O–H groups in total. The summed E-state index contributed by atoms with van der Waals surface area (Å²) in [6.45, 7) is 4.63. The van der Waals surface area contributed by atoms with Gasteiger partial charge in [-0.05, 0) is 32.0 Å². The van der Waals surface area contributed by atoms with Crippen molar-refractivity contribution in [2.45, 2.75) is 26.1 Å². The van der Waals surface area contributed by atoms with E-state index in [1.165, 1.54) is 11.3 Å². The summed E-state index contributed by atoms with van der Waals surface area (Å²) in [6.07, 6.45) is 3.15. The molecule has 3 rings (SSSR count). The summed E-state index contributed by atoms with van der Waals surface area (Å²) >= 11 is 0. The molecule has 0 aliphatic carbocycles. The number of carboxylic acid groups (broad SMARTS) is 2. The molecule has 2 aromatic rings. The van der Waals surface area contributed by atoms with E-state index in [0.29, 0.717) is 18.8 Å². The molecule has 0 bridgehead atoms. The van der Waals surface area contributed by atoms with Crippen LogP contribution in [0.15, 0.2) is 48.7 Å². The lowest BCUT2D eigenvalue weighted by Crippen LogP contribution is -2.36. The van der Waals surface area contributed by atoms with E-state index in [0.717, 1.165) is 11.3 Å². The third-order valence-corrected chi connectivity index (χ3v) is 3.48. The molecular formula is C18H20N2O5. The molecule has 7 nitrogen and oxygen atoms in total. The second-order valence-electron chi connectivity index (χ2n) is 6.01. The lowest BCUT2D eigenvalue weighted by atomic mass is 10.0. The molecule has 0 amide bonds. The van der Waals surface area contributed by atoms with Crippen LogP contribution in [0.25, 0.3) is 11.3 Å². The highest BCUT2D eigenvalue weighted by molar-refractivity contribution is 5.89. The second kappa shape index (κ2) is 7.23. The number of carboxylic acids is 2. The quantitative estimate of drug-likeness (QED) is 0.737. The second-order valence-corrected chi connectivity index (χ2v) is 6.01. The number of para-hydroxylation sites is 1. The smallest absolute Gasteiger partial charge is 0.328 e. The molecule has 0 atom stereocenters. The third kappa shape index (κ3) is 4.48. The zero-order chi connectivity index (χ0) is 18.6. The number of carbonyl (C=O) groups is 2. The van der Waals surface area contributed by atoms with Crippen LogP contribution in [0.3, 0.4) is 0 Å². The number of rotatable bonds is 3. The molecule has 0 saturated heterocycles. The van der Waals surface area contributed by atoms with Crippen LogP contribution in [0.2, 0.25) is 0 Å². The Bertz CT molecular complexity index is 799. The Hall–Kier alpha value is -3.06. The highest BCUT2D eigenvalue weighted by Crippen LogP contribution is 2.39. The molecule has 0 unspecified atom stereocenters. The molecule has 0 spiro atoms. The van der Waals surface area contributed by atoms with E-state index in [4.69, 9.17) is 20.7 Å². The van der Waals surface area contributed by atoms with Crippen molar-refractivity contribution in [3.8, 4) is 17.0 Å². The predicted molar refractivity (Wildman–Crippen MR) is 92.1 cm³/mol. The standard InChI is InChI=1S/C14H16N2O.C4H4O4/c1-14(2,15)16-8-7-10-9-17-12-6-4-3-5-11(12)13(10)16;5-3(6)1-2-4(7)8/h3-8H,9,15H2,1-2H3;1-2H,(H,5,6)(H,7,8). The van der Waals surface area contributed by atoms with Crippen molar-refractivity contribution in [2.75, 3.05) is 0 Å². The largest absolute Gasteiger partial charge is 0.488 e. The fourth-order valence-electron chi connectivity index (χ4n) is 2.46. The van der Waals surface area contributed by atoms with Gasteiger partial charge < -0.3 is 25.3 Å². The molecule has 1 aromatic heterocycles. The third-order valence-electron chi connectivity index (χ3n) is 3.48. The number of aromatic nitrogens is 1. The summed E-state index contributed by atoms with van der Waals surface area (Å²) in [4.78, 5) is 19.1. The fraction of sp³-hybridized carbons (Fsp3) is 0.222. The van der Waals surface area contributed by atoms with Crippen LogP contribution in [-0.4, -0.2) is 26.7 Å². The van der Waals surface area contributed by atoms with Crippen molar-refractivity contribution in [1.82, 2.24) is 4.57 Å². The summed E-state index contributed by atoms with van der Waals surface area (Å²) in [5.41, 5.74) is 9.30. The van der Waals surface area contributed by atoms with Crippen LogP contribution in [0.1, 0.15) is 19.4 Å². The summed E-state index contributed by atoms with van der Waals surface area (Å²) in [7, 11) is 0. The molecular weight excluding hydrogens is 324 g/mol. The Morgan fingerprint density at radius 2 is 1.76 bits per heavy atom. The van der Waals surface area contributed by atoms with Gasteiger partial charge in [0.25, 0.3) is 0 Å². The van der Waals surface area contributed by atoms with Gasteiger partial charge in [-0.2, -0.15) is 0 Å². The minimum atomic E-state index is -1.26. The summed E-state index contributed by atoms with van der Waals surface area (Å²) < 4.78 is 7.84. The van der Waals surface area contributed by atoms with Crippen LogP contribution < -0.4 is 10.5 Å². The number of hydrogen-bond acceptors (Lipinski definition) is 4. The zero-order valence-electron chi connectivity index (χ0n) is 14.0. The Labute approximate surface area is 145 Å². The first kappa shape index (κ1) is 18.3. The number of nitrogens with two attached hydrogens (primary N) is 1. The number of nitrogens with zero attached hydrogens (tertiary/aromatic N) is 1. The lowest BCUT2D eigenvalue weighted by molar-refractivity contribution is -0.134. The van der Waals surface area contributed by atoms with Crippen molar-refractivity contribution >= 4 is 11.9 Å². The van der Waals surface area contributed by atoms with Crippen LogP contribution in [0.4, 0.5) is 0 Å². The van der Waals surface area contributed by atoms with E-state index in [1.807, 2.05) is 38.2 Å². The van der Waals surface area contributed by atoms with Crippen molar-refractivity contribution in [1.29, 1.82) is 0 Å². The fourth-order valence-corrected chi connectivity index (χ4v) is 2.46. The van der Waals surface area contributed by atoms with Crippen molar-refractivity contribution in [3.05, 3.63) is 54.2 Å². The number of hydrogen-bond donors (Lipinski definition) is 3. The van der Waals surface area contributed by atoms with Gasteiger partial charge in [-0.1, -0.05) is 12.1 Å². The maximum atomic E-state index is 9.55. The van der Waals surface area contributed by atoms with E-state index >= 15 is 0 Å². The number of benzene rings is 1. The Morgan fingerprint density at radius 3 is 2.32 bits per heavy atom. The molecule has 1 aliphatic rings. The lowest BCUT2D eigenvalue weighted by Gasteiger charge is -2.27. The van der Waals surface area contributed by atoms with Gasteiger partial charge in [0.2, 0.25) is 0 Å². The van der Waals surface area contributed by atoms with Crippen LogP contribution in [0.5, 0.6) is 5.75 Å². The first-order chi connectivity index (χ1) is 11.7. The van der Waals surface area contributed by atoms with Gasteiger partial charge in [0.05, 0.1) is 11.4 Å². The average molecular weight is 344 g/mol. The van der Waals surface area contributed by atoms with Crippen molar-refractivity contribution < 1.29 is 24.5 Å². The number of ether oxygens (including phenoxy) is 1. The van der Waals surface area contributed by atoms with Crippen molar-refractivity contribution in [3.63, 3.8) is 0 Å². The van der Waals surface area contributed by atoms with Gasteiger partial charge in [-0.25, -0.2) is 9.59 Å². The molecule has 1 aliphatic heterocycles. The molecule has 1 aromatic carbocycles. The van der Waals surface area contributed by atoms with Gasteiger partial charge in [-0.15, -0.1) is 0 Å². The molecule has 0 radical (unpaired) electrons. The highest BCUT2D eigenvalue weighted by atomic mass is 16.5. The number of aliphatic carboxylic acids is 2. The maximum Gasteiger partial charge on any atom is 0.328 e. The Balaban J connectivity index is 0.000000242. The SMILES string of the molecule is CC(C)(N)n1ccc2c1-c1ccccc1OC2.O=C(O)C=CC(=O)O. The minimum Gasteiger partial charge on any atom is -0.488 e. The van der Waals surface area contributed by atoms with Gasteiger partial charge >= 0.3 is 11.9 Å². The Morgan fingerprint density at radius 1 is 1.16 bits per heavy atom. The van der Waals surface area contributed by atoms with Crippen LogP contribution in [-0.2, 0) is 21.9 Å². The maximum absolute atomic E-state index is 9.55. The molecule has 0 saturated carbocycles. The van der Waals surface area contributed by atoms with E-state index < -0.39 is 17.6 Å². The zero-order valence-corrected chi connectivity index (χ0v) is 14.0. The number of fused-ring (bicyclic) bond motifs is 3. The van der Waals surface area contributed by atoms with E-state index in [1.54, 1.807) is 0 Å². The summed E-state index contributed by atoms with van der Waals surface area (Å²) in [5, 5.41) is 15.6. The predicted octanol–water partition coefficient (Wildman–Crippen LogP) is 2.41. The van der Waals surface area contributed by atoms with Gasteiger partial charge in [-0.3, -0.25) is 0 Å². The van der Waals surface area contributed by atoms with Crippen LogP contribution in [0, 0.1) is 0 Å². The van der Waals surface area contributed by atoms with Gasteiger partial charge in [0.15, 0.2) is 0 Å². The molecule has 132 valence electrons. The molecule has 0 fully saturated rings. The topological polar surface area (TPSA) is 115 Å². The summed E-state index contributed by atoms with van der Waals surface area (Å²) in [6, 6.07) is 10.2. The minimum absolute atomic E-state index is 0.405. The monoisotopic (exact) mass is 344 g/mol. The van der Waals surface area contributed by atoms with Crippen LogP contribution >= 0.6 is 0 Å². The van der Waals surface area contributed by atoms with E-state index in [-0.39, 0.29) is 0 Å². The normalized spacial score (nSPS) is 12.4. The highest BCUT2D eigenvalue weighted by Gasteiger charge is 2.25. The van der Waals surface area contributed by atoms with Crippen molar-refractivity contribution in [2.24, 2.45) is 5.73 Å². The first-order valence-electron chi connectivity index (χ1n) is 7.56. The van der Waals surface area contributed by atoms with E-state index in [2.05, 4.69) is 16.7 Å². The average Bonchev–Trinajstić information content (AvgIpc) is 2.98. The molecule has 2 heterocycles. The van der Waals surface area contributed by atoms with Gasteiger partial charge in [0, 0.05) is 29.5 Å².